The van der Waals surface area contributed by atoms with Gasteiger partial charge in [-0.25, -0.2) is 0 Å². The highest BCUT2D eigenvalue weighted by Gasteiger charge is 2.37. The summed E-state index contributed by atoms with van der Waals surface area (Å²) in [4.78, 5) is 25.4. The van der Waals surface area contributed by atoms with Crippen molar-refractivity contribution in [3.8, 4) is 5.75 Å². The first kappa shape index (κ1) is 16.8. The topological polar surface area (TPSA) is 66.8 Å². The van der Waals surface area contributed by atoms with Gasteiger partial charge in [-0.05, 0) is 44.9 Å². The number of nitrogens with zero attached hydrogens (tertiary/aromatic N) is 1. The number of halogens is 1. The first-order valence-corrected chi connectivity index (χ1v) is 8.15. The molecule has 1 N–H and O–H groups in total. The Balaban J connectivity index is 2.05. The van der Waals surface area contributed by atoms with Crippen molar-refractivity contribution in [3.63, 3.8) is 0 Å². The van der Waals surface area contributed by atoms with E-state index in [0.29, 0.717) is 25.1 Å². The lowest BCUT2D eigenvalue weighted by Crippen LogP contribution is -2.52. The fourth-order valence-corrected chi connectivity index (χ4v) is 3.19. The van der Waals surface area contributed by atoms with Crippen LogP contribution in [0, 0.1) is 5.92 Å². The average Bonchev–Trinajstić information content (AvgIpc) is 2.46. The Kier molecular flexibility index (Phi) is 5.45. The molecular weight excluding hydrogens is 350 g/mol. The molecule has 0 radical (unpaired) electrons. The molecule has 1 aliphatic heterocycles. The maximum atomic E-state index is 12.6. The van der Waals surface area contributed by atoms with E-state index in [9.17, 15) is 14.7 Å². The molecule has 0 spiro atoms. The normalized spacial score (nSPS) is 23.0. The van der Waals surface area contributed by atoms with Crippen LogP contribution >= 0.6 is 15.9 Å². The number of carboxylic acid groups (broad SMARTS) is 1. The summed E-state index contributed by atoms with van der Waals surface area (Å²) in [6.45, 7) is 4.07. The standard InChI is InChI=1S/C16H20BrNO4/c1-10-14(16(20)21)7-4-8-18(10)15(19)11(2)22-13-6-3-5-12(17)9-13/h3,5-6,9-11,14H,4,7-8H2,1-2H3,(H,20,21)/t10-,11?,14-/m0/s1. The molecular formula is C16H20BrNO4. The minimum atomic E-state index is -0.842. The average molecular weight is 370 g/mol. The van der Waals surface area contributed by atoms with E-state index in [4.69, 9.17) is 4.74 Å². The quantitative estimate of drug-likeness (QED) is 0.885. The van der Waals surface area contributed by atoms with Gasteiger partial charge in [-0.1, -0.05) is 22.0 Å². The van der Waals surface area contributed by atoms with E-state index in [1.807, 2.05) is 12.1 Å². The Hall–Kier alpha value is -1.56. The molecule has 1 fully saturated rings. The lowest BCUT2D eigenvalue weighted by atomic mass is 9.90. The number of likely N-dealkylation sites (tertiary alicyclic amines) is 1. The van der Waals surface area contributed by atoms with Gasteiger partial charge in [-0.2, -0.15) is 0 Å². The number of benzene rings is 1. The van der Waals surface area contributed by atoms with E-state index in [2.05, 4.69) is 15.9 Å². The predicted octanol–water partition coefficient (Wildman–Crippen LogP) is 2.93. The summed E-state index contributed by atoms with van der Waals surface area (Å²) in [5.41, 5.74) is 0. The number of rotatable bonds is 4. The highest BCUT2D eigenvalue weighted by molar-refractivity contribution is 9.10. The molecule has 1 aromatic carbocycles. The summed E-state index contributed by atoms with van der Waals surface area (Å²) >= 11 is 3.36. The van der Waals surface area contributed by atoms with Crippen molar-refractivity contribution in [1.29, 1.82) is 0 Å². The van der Waals surface area contributed by atoms with Crippen LogP contribution in [0.2, 0.25) is 0 Å². The Morgan fingerprint density at radius 3 is 2.82 bits per heavy atom. The van der Waals surface area contributed by atoms with Crippen LogP contribution in [0.1, 0.15) is 26.7 Å². The minimum Gasteiger partial charge on any atom is -0.481 e. The van der Waals surface area contributed by atoms with Crippen LogP contribution in [0.4, 0.5) is 0 Å². The first-order valence-electron chi connectivity index (χ1n) is 7.35. The van der Waals surface area contributed by atoms with Gasteiger partial charge in [0.15, 0.2) is 6.10 Å². The van der Waals surface area contributed by atoms with Crippen molar-refractivity contribution in [2.45, 2.75) is 38.8 Å². The second kappa shape index (κ2) is 7.13. The van der Waals surface area contributed by atoms with Gasteiger partial charge in [-0.3, -0.25) is 9.59 Å². The Labute approximate surface area is 138 Å². The second-order valence-electron chi connectivity index (χ2n) is 5.58. The van der Waals surface area contributed by atoms with E-state index in [-0.39, 0.29) is 11.9 Å². The number of hydrogen-bond donors (Lipinski definition) is 1. The van der Waals surface area contributed by atoms with Crippen LogP contribution in [0.25, 0.3) is 0 Å². The van der Waals surface area contributed by atoms with Crippen molar-refractivity contribution in [1.82, 2.24) is 4.90 Å². The lowest BCUT2D eigenvalue weighted by Gasteiger charge is -2.38. The van der Waals surface area contributed by atoms with Crippen molar-refractivity contribution in [2.24, 2.45) is 5.92 Å². The van der Waals surface area contributed by atoms with Crippen molar-refractivity contribution >= 4 is 27.8 Å². The molecule has 6 heteroatoms. The van der Waals surface area contributed by atoms with E-state index < -0.39 is 18.0 Å². The third kappa shape index (κ3) is 3.80. The molecule has 120 valence electrons. The first-order chi connectivity index (χ1) is 10.4. The van der Waals surface area contributed by atoms with Gasteiger partial charge in [0.05, 0.1) is 5.92 Å². The zero-order valence-electron chi connectivity index (χ0n) is 12.7. The van der Waals surface area contributed by atoms with E-state index in [1.165, 1.54) is 0 Å². The molecule has 0 aromatic heterocycles. The molecule has 1 heterocycles. The number of piperidine rings is 1. The molecule has 1 amide bonds. The fourth-order valence-electron chi connectivity index (χ4n) is 2.81. The number of ether oxygens (including phenoxy) is 1. The van der Waals surface area contributed by atoms with Crippen LogP contribution in [0.3, 0.4) is 0 Å². The SMILES string of the molecule is CC(Oc1cccc(Br)c1)C(=O)N1CCC[C@H](C(=O)O)[C@@H]1C. The van der Waals surface area contributed by atoms with E-state index >= 15 is 0 Å². The third-order valence-corrected chi connectivity index (χ3v) is 4.54. The fraction of sp³-hybridized carbons (Fsp3) is 0.500. The molecule has 1 aliphatic rings. The summed E-state index contributed by atoms with van der Waals surface area (Å²) in [7, 11) is 0. The van der Waals surface area contributed by atoms with Crippen LogP contribution < -0.4 is 4.74 Å². The van der Waals surface area contributed by atoms with Crippen LogP contribution in [0.5, 0.6) is 5.75 Å². The molecule has 3 atom stereocenters. The number of carbonyl (C=O) groups excluding carboxylic acids is 1. The number of aliphatic carboxylic acids is 1. The molecule has 2 rings (SSSR count). The molecule has 22 heavy (non-hydrogen) atoms. The highest BCUT2D eigenvalue weighted by atomic mass is 79.9. The van der Waals surface area contributed by atoms with Gasteiger partial charge in [0, 0.05) is 17.1 Å². The largest absolute Gasteiger partial charge is 0.481 e. The zero-order chi connectivity index (χ0) is 16.3. The predicted molar refractivity (Wildman–Crippen MR) is 85.8 cm³/mol. The number of amides is 1. The van der Waals surface area contributed by atoms with Gasteiger partial charge in [-0.15, -0.1) is 0 Å². The van der Waals surface area contributed by atoms with Gasteiger partial charge in [0.2, 0.25) is 0 Å². The van der Waals surface area contributed by atoms with Crippen LogP contribution in [0.15, 0.2) is 28.7 Å². The minimum absolute atomic E-state index is 0.168. The Morgan fingerprint density at radius 1 is 1.45 bits per heavy atom. The molecule has 1 aromatic rings. The second-order valence-corrected chi connectivity index (χ2v) is 6.49. The third-order valence-electron chi connectivity index (χ3n) is 4.05. The molecule has 1 saturated heterocycles. The number of carbonyl (C=O) groups is 2. The van der Waals surface area contributed by atoms with Crippen molar-refractivity contribution in [2.75, 3.05) is 6.54 Å². The Bertz CT molecular complexity index is 563. The van der Waals surface area contributed by atoms with Gasteiger partial charge in [0.1, 0.15) is 5.75 Å². The van der Waals surface area contributed by atoms with E-state index in [1.54, 1.807) is 30.9 Å². The molecule has 0 saturated carbocycles. The van der Waals surface area contributed by atoms with Crippen LogP contribution in [-0.2, 0) is 9.59 Å². The molecule has 1 unspecified atom stereocenters. The molecule has 0 aliphatic carbocycles. The molecule has 5 nitrogen and oxygen atoms in total. The van der Waals surface area contributed by atoms with Gasteiger partial charge in [0.25, 0.3) is 5.91 Å². The van der Waals surface area contributed by atoms with E-state index in [0.717, 1.165) is 4.47 Å². The summed E-state index contributed by atoms with van der Waals surface area (Å²) < 4.78 is 6.56. The smallest absolute Gasteiger partial charge is 0.308 e. The monoisotopic (exact) mass is 369 g/mol. The summed E-state index contributed by atoms with van der Waals surface area (Å²) in [6.07, 6.45) is 0.668. The molecule has 0 bridgehead atoms. The van der Waals surface area contributed by atoms with Crippen molar-refractivity contribution < 1.29 is 19.4 Å². The summed E-state index contributed by atoms with van der Waals surface area (Å²) in [5, 5.41) is 9.24. The maximum Gasteiger partial charge on any atom is 0.308 e. The van der Waals surface area contributed by atoms with Crippen molar-refractivity contribution in [3.05, 3.63) is 28.7 Å². The van der Waals surface area contributed by atoms with Gasteiger partial charge < -0.3 is 14.7 Å². The maximum absolute atomic E-state index is 12.6. The lowest BCUT2D eigenvalue weighted by molar-refractivity contribution is -0.151. The summed E-state index contributed by atoms with van der Waals surface area (Å²) in [5.74, 6) is -0.908. The zero-order valence-corrected chi connectivity index (χ0v) is 14.2. The summed E-state index contributed by atoms with van der Waals surface area (Å²) in [6, 6.07) is 6.98. The number of carboxylic acids is 1. The number of hydrogen-bond acceptors (Lipinski definition) is 3. The van der Waals surface area contributed by atoms with Crippen LogP contribution in [-0.4, -0.2) is 40.6 Å². The Morgan fingerprint density at radius 2 is 2.18 bits per heavy atom. The highest BCUT2D eigenvalue weighted by Crippen LogP contribution is 2.25. The van der Waals surface area contributed by atoms with Gasteiger partial charge >= 0.3 is 5.97 Å².